The predicted octanol–water partition coefficient (Wildman–Crippen LogP) is -0.714. The number of hydrogen-bond acceptors (Lipinski definition) is 7. The van der Waals surface area contributed by atoms with Gasteiger partial charge in [-0.2, -0.15) is 16.7 Å². The van der Waals surface area contributed by atoms with E-state index in [9.17, 15) is 23.8 Å². The molecule has 2 heterocycles. The zero-order valence-corrected chi connectivity index (χ0v) is 11.9. The van der Waals surface area contributed by atoms with Crippen molar-refractivity contribution in [3.63, 3.8) is 0 Å². The van der Waals surface area contributed by atoms with E-state index in [0.29, 0.717) is 10.8 Å². The van der Waals surface area contributed by atoms with Gasteiger partial charge < -0.3 is 20.7 Å². The summed E-state index contributed by atoms with van der Waals surface area (Å²) in [5.41, 5.74) is 2.57. The van der Waals surface area contributed by atoms with E-state index in [-0.39, 0.29) is 5.75 Å². The highest BCUT2D eigenvalue weighted by molar-refractivity contribution is 7.98. The number of thioether (sulfide) groups is 1. The monoisotopic (exact) mass is 323 g/mol. The normalized spacial score (nSPS) is 32.5. The number of alkyl halides is 1. The van der Waals surface area contributed by atoms with Crippen LogP contribution < -0.4 is 11.4 Å². The van der Waals surface area contributed by atoms with E-state index in [1.807, 2.05) is 0 Å². The summed E-state index contributed by atoms with van der Waals surface area (Å²) in [6.07, 6.45) is -2.92. The fraction of sp³-hybridized carbons (Fsp3) is 0.636. The summed E-state index contributed by atoms with van der Waals surface area (Å²) in [6, 6.07) is 0. The number of aliphatic hydroxyl groups is 2. The second-order valence-electron chi connectivity index (χ2n) is 4.72. The van der Waals surface area contributed by atoms with Crippen LogP contribution in [0.3, 0.4) is 0 Å². The maximum atomic E-state index is 14.2. The maximum Gasteiger partial charge on any atom is 0.351 e. The van der Waals surface area contributed by atoms with Gasteiger partial charge in [-0.25, -0.2) is 13.6 Å². The van der Waals surface area contributed by atoms with Crippen molar-refractivity contribution in [2.45, 2.75) is 24.1 Å². The van der Waals surface area contributed by atoms with Crippen LogP contribution in [0.15, 0.2) is 11.0 Å². The lowest BCUT2D eigenvalue weighted by Gasteiger charge is -2.28. The molecule has 1 aromatic heterocycles. The highest BCUT2D eigenvalue weighted by Crippen LogP contribution is 2.40. The number of nitrogens with zero attached hydrogens (tertiary/aromatic N) is 2. The second-order valence-corrected chi connectivity index (χ2v) is 5.58. The fourth-order valence-corrected chi connectivity index (χ4v) is 3.03. The molecule has 10 heteroatoms. The molecule has 4 atom stereocenters. The van der Waals surface area contributed by atoms with E-state index < -0.39 is 48.0 Å². The minimum absolute atomic E-state index is 0.0984. The van der Waals surface area contributed by atoms with Crippen LogP contribution in [-0.4, -0.2) is 56.3 Å². The van der Waals surface area contributed by atoms with E-state index in [2.05, 4.69) is 4.98 Å². The molecule has 118 valence electrons. The van der Waals surface area contributed by atoms with Crippen LogP contribution >= 0.6 is 11.8 Å². The molecule has 2 rings (SSSR count). The number of hydrogen-bond donors (Lipinski definition) is 3. The SMILES string of the molecule is CSC[C@]1(CO)O[C@@H](n2cc(F)c(N)nc2=O)[C@@H](F)[C@@H]1O. The van der Waals surface area contributed by atoms with Crippen molar-refractivity contribution < 1.29 is 23.7 Å². The Kier molecular flexibility index (Phi) is 4.51. The maximum absolute atomic E-state index is 14.2. The van der Waals surface area contributed by atoms with Crippen LogP contribution in [0.4, 0.5) is 14.6 Å². The molecule has 7 nitrogen and oxygen atoms in total. The number of halogens is 2. The number of aliphatic hydroxyl groups excluding tert-OH is 2. The molecule has 1 fully saturated rings. The number of nitrogens with two attached hydrogens (primary N) is 1. The summed E-state index contributed by atoms with van der Waals surface area (Å²) < 4.78 is 33.6. The standard InChI is InChI=1S/C11H15F2N3O4S/c1-21-4-11(3-17)7(18)6(13)9(20-11)16-2-5(12)8(14)15-10(16)19/h2,6-7,9,17-18H,3-4H2,1H3,(H2,14,15,19)/t6-,7-,9+,11-/m0/s1. The number of rotatable bonds is 4. The topological polar surface area (TPSA) is 111 Å². The molecule has 0 saturated carbocycles. The first-order valence-electron chi connectivity index (χ1n) is 6.00. The zero-order valence-electron chi connectivity index (χ0n) is 11.1. The minimum Gasteiger partial charge on any atom is -0.393 e. The van der Waals surface area contributed by atoms with Crippen molar-refractivity contribution in [2.75, 3.05) is 24.3 Å². The van der Waals surface area contributed by atoms with Crippen LogP contribution in [0.5, 0.6) is 0 Å². The second kappa shape index (κ2) is 5.87. The molecule has 0 bridgehead atoms. The Morgan fingerprint density at radius 3 is 2.90 bits per heavy atom. The zero-order chi connectivity index (χ0) is 15.8. The average molecular weight is 323 g/mol. The smallest absolute Gasteiger partial charge is 0.351 e. The molecule has 1 saturated heterocycles. The van der Waals surface area contributed by atoms with Crippen molar-refractivity contribution in [3.8, 4) is 0 Å². The third-order valence-electron chi connectivity index (χ3n) is 3.33. The minimum atomic E-state index is -2.02. The van der Waals surface area contributed by atoms with Crippen molar-refractivity contribution in [1.29, 1.82) is 0 Å². The van der Waals surface area contributed by atoms with E-state index in [1.54, 1.807) is 6.26 Å². The van der Waals surface area contributed by atoms with Crippen LogP contribution in [0.2, 0.25) is 0 Å². The van der Waals surface area contributed by atoms with Gasteiger partial charge in [-0.1, -0.05) is 0 Å². The Morgan fingerprint density at radius 2 is 2.33 bits per heavy atom. The first-order chi connectivity index (χ1) is 9.86. The largest absolute Gasteiger partial charge is 0.393 e. The average Bonchev–Trinajstić information content (AvgIpc) is 2.69. The number of ether oxygens (including phenoxy) is 1. The highest BCUT2D eigenvalue weighted by atomic mass is 32.2. The summed E-state index contributed by atoms with van der Waals surface area (Å²) in [4.78, 5) is 14.9. The lowest BCUT2D eigenvalue weighted by atomic mass is 9.99. The van der Waals surface area contributed by atoms with Gasteiger partial charge in [0.2, 0.25) is 0 Å². The molecule has 0 aliphatic carbocycles. The molecular formula is C11H15F2N3O4S. The first-order valence-corrected chi connectivity index (χ1v) is 7.39. The van der Waals surface area contributed by atoms with Crippen LogP contribution in [-0.2, 0) is 4.74 Å². The summed E-state index contributed by atoms with van der Waals surface area (Å²) >= 11 is 1.23. The molecule has 0 amide bonds. The molecule has 0 radical (unpaired) electrons. The molecule has 1 aromatic rings. The number of aromatic nitrogens is 2. The molecule has 21 heavy (non-hydrogen) atoms. The highest BCUT2D eigenvalue weighted by Gasteiger charge is 2.55. The Bertz CT molecular complexity index is 587. The summed E-state index contributed by atoms with van der Waals surface area (Å²) in [7, 11) is 0. The molecular weight excluding hydrogens is 308 g/mol. The first kappa shape index (κ1) is 16.1. The molecule has 1 aliphatic rings. The van der Waals surface area contributed by atoms with Gasteiger partial charge in [-0.15, -0.1) is 0 Å². The van der Waals surface area contributed by atoms with Crippen molar-refractivity contribution in [2.24, 2.45) is 0 Å². The third-order valence-corrected chi connectivity index (χ3v) is 4.11. The van der Waals surface area contributed by atoms with E-state index in [0.717, 1.165) is 0 Å². The van der Waals surface area contributed by atoms with Gasteiger partial charge >= 0.3 is 5.69 Å². The number of nitrogen functional groups attached to an aromatic ring is 1. The van der Waals surface area contributed by atoms with Gasteiger partial charge in [0.15, 0.2) is 24.0 Å². The molecule has 0 unspecified atom stereocenters. The molecule has 4 N–H and O–H groups in total. The Hall–Kier alpha value is -1.23. The summed E-state index contributed by atoms with van der Waals surface area (Å²) in [5.74, 6) is -1.52. The van der Waals surface area contributed by atoms with Crippen molar-refractivity contribution in [3.05, 3.63) is 22.5 Å². The van der Waals surface area contributed by atoms with Crippen molar-refractivity contribution in [1.82, 2.24) is 9.55 Å². The lowest BCUT2D eigenvalue weighted by molar-refractivity contribution is -0.114. The fourth-order valence-electron chi connectivity index (χ4n) is 2.21. The Balaban J connectivity index is 2.42. The lowest BCUT2D eigenvalue weighted by Crippen LogP contribution is -2.47. The summed E-state index contributed by atoms with van der Waals surface area (Å²) in [6.45, 7) is -0.647. The van der Waals surface area contributed by atoms with Gasteiger partial charge in [0.25, 0.3) is 0 Å². The van der Waals surface area contributed by atoms with E-state index >= 15 is 0 Å². The van der Waals surface area contributed by atoms with Gasteiger partial charge in [0.1, 0.15) is 11.7 Å². The molecule has 0 aromatic carbocycles. The predicted molar refractivity (Wildman–Crippen MR) is 72.1 cm³/mol. The third kappa shape index (κ3) is 2.63. The quantitative estimate of drug-likeness (QED) is 0.671. The molecule has 0 spiro atoms. The van der Waals surface area contributed by atoms with Gasteiger partial charge in [-0.05, 0) is 6.26 Å². The van der Waals surface area contributed by atoms with E-state index in [1.165, 1.54) is 11.8 Å². The summed E-state index contributed by atoms with van der Waals surface area (Å²) in [5, 5.41) is 19.4. The molecule has 1 aliphatic heterocycles. The van der Waals surface area contributed by atoms with Gasteiger partial charge in [0.05, 0.1) is 12.8 Å². The van der Waals surface area contributed by atoms with Crippen LogP contribution in [0, 0.1) is 5.82 Å². The number of anilines is 1. The Labute approximate surface area is 122 Å². The Morgan fingerprint density at radius 1 is 1.67 bits per heavy atom. The van der Waals surface area contributed by atoms with E-state index in [4.69, 9.17) is 10.5 Å². The van der Waals surface area contributed by atoms with Gasteiger partial charge in [-0.3, -0.25) is 4.57 Å². The van der Waals surface area contributed by atoms with Gasteiger partial charge in [0, 0.05) is 5.75 Å². The van der Waals surface area contributed by atoms with Crippen LogP contribution in [0.1, 0.15) is 6.23 Å². The van der Waals surface area contributed by atoms with Crippen molar-refractivity contribution >= 4 is 17.6 Å². The van der Waals surface area contributed by atoms with Crippen LogP contribution in [0.25, 0.3) is 0 Å².